The lowest BCUT2D eigenvalue weighted by molar-refractivity contribution is 0.187. The summed E-state index contributed by atoms with van der Waals surface area (Å²) >= 11 is 0. The molecule has 4 rings (SSSR count). The van der Waals surface area contributed by atoms with Crippen molar-refractivity contribution in [1.29, 1.82) is 0 Å². The van der Waals surface area contributed by atoms with Crippen molar-refractivity contribution in [1.82, 2.24) is 19.6 Å². The molecule has 0 N–H and O–H groups in total. The molecule has 1 aliphatic rings. The molecule has 0 saturated carbocycles. The quantitative estimate of drug-likeness (QED) is 0.518. The van der Waals surface area contributed by atoms with Gasteiger partial charge in [0.25, 0.3) is 0 Å². The van der Waals surface area contributed by atoms with E-state index >= 15 is 0 Å². The number of aromatic nitrogens is 2. The molecule has 2 aromatic heterocycles. The van der Waals surface area contributed by atoms with Crippen LogP contribution in [0.5, 0.6) is 0 Å². The van der Waals surface area contributed by atoms with Crippen molar-refractivity contribution in [2.24, 2.45) is 0 Å². The van der Waals surface area contributed by atoms with Crippen LogP contribution in [0.1, 0.15) is 37.8 Å². The molecule has 3 heterocycles. The van der Waals surface area contributed by atoms with Crippen molar-refractivity contribution in [3.63, 3.8) is 0 Å². The van der Waals surface area contributed by atoms with E-state index < -0.39 is 0 Å². The molecular formula is C25H34FN5O. The minimum Gasteiger partial charge on any atom is -0.468 e. The molecular weight excluding hydrogens is 405 g/mol. The Morgan fingerprint density at radius 1 is 1.06 bits per heavy atom. The predicted octanol–water partition coefficient (Wildman–Crippen LogP) is 4.47. The molecule has 172 valence electrons. The summed E-state index contributed by atoms with van der Waals surface area (Å²) in [7, 11) is 0. The van der Waals surface area contributed by atoms with Crippen molar-refractivity contribution in [2.45, 2.75) is 46.8 Å². The van der Waals surface area contributed by atoms with Crippen LogP contribution in [0.4, 0.5) is 10.2 Å². The summed E-state index contributed by atoms with van der Waals surface area (Å²) in [5, 5.41) is 4.92. The number of likely N-dealkylation sites (N-methyl/N-ethyl adjacent to an activating group) is 1. The predicted molar refractivity (Wildman–Crippen MR) is 126 cm³/mol. The number of furan rings is 1. The fraction of sp³-hybridized carbons (Fsp3) is 0.480. The highest BCUT2D eigenvalue weighted by Crippen LogP contribution is 2.30. The molecule has 7 heteroatoms. The van der Waals surface area contributed by atoms with Gasteiger partial charge in [0, 0.05) is 44.3 Å². The Balaban J connectivity index is 1.71. The average Bonchev–Trinajstić information content (AvgIpc) is 3.42. The Labute approximate surface area is 190 Å². The minimum atomic E-state index is -0.236. The SMILES string of the molecule is CCN1CCN(c2c(CN(Cc3ccco3)C(C)C)c(C)nn2-c2ccc(F)cc2)CC1. The number of rotatable bonds is 8. The Morgan fingerprint density at radius 2 is 1.78 bits per heavy atom. The fourth-order valence-electron chi connectivity index (χ4n) is 4.32. The van der Waals surface area contributed by atoms with Gasteiger partial charge in [0.05, 0.1) is 24.2 Å². The molecule has 1 aliphatic heterocycles. The van der Waals surface area contributed by atoms with Crippen LogP contribution in [-0.2, 0) is 13.1 Å². The molecule has 0 atom stereocenters. The lowest BCUT2D eigenvalue weighted by Gasteiger charge is -2.36. The molecule has 6 nitrogen and oxygen atoms in total. The Morgan fingerprint density at radius 3 is 2.38 bits per heavy atom. The number of anilines is 1. The van der Waals surface area contributed by atoms with Gasteiger partial charge in [-0.3, -0.25) is 4.90 Å². The normalized spacial score (nSPS) is 15.3. The van der Waals surface area contributed by atoms with Gasteiger partial charge in [0.1, 0.15) is 17.4 Å². The maximum absolute atomic E-state index is 13.6. The van der Waals surface area contributed by atoms with Crippen molar-refractivity contribution >= 4 is 5.82 Å². The van der Waals surface area contributed by atoms with Crippen LogP contribution < -0.4 is 4.90 Å². The van der Waals surface area contributed by atoms with E-state index in [0.717, 1.165) is 68.8 Å². The van der Waals surface area contributed by atoms with Crippen molar-refractivity contribution in [3.8, 4) is 5.69 Å². The number of halogens is 1. The van der Waals surface area contributed by atoms with E-state index in [1.165, 1.54) is 17.7 Å². The van der Waals surface area contributed by atoms with E-state index in [-0.39, 0.29) is 5.82 Å². The van der Waals surface area contributed by atoms with Gasteiger partial charge in [0.2, 0.25) is 0 Å². The molecule has 0 bridgehead atoms. The monoisotopic (exact) mass is 439 g/mol. The molecule has 0 unspecified atom stereocenters. The Kier molecular flexibility index (Phi) is 6.96. The van der Waals surface area contributed by atoms with Gasteiger partial charge in [-0.25, -0.2) is 9.07 Å². The van der Waals surface area contributed by atoms with Crippen LogP contribution >= 0.6 is 0 Å². The van der Waals surface area contributed by atoms with Crippen molar-refractivity contribution in [3.05, 3.63) is 65.5 Å². The molecule has 0 radical (unpaired) electrons. The molecule has 1 aromatic carbocycles. The van der Waals surface area contributed by atoms with E-state index in [2.05, 4.69) is 42.4 Å². The number of hydrogen-bond donors (Lipinski definition) is 0. The smallest absolute Gasteiger partial charge is 0.137 e. The number of aryl methyl sites for hydroxylation is 1. The molecule has 32 heavy (non-hydrogen) atoms. The van der Waals surface area contributed by atoms with E-state index in [0.29, 0.717) is 6.04 Å². The van der Waals surface area contributed by atoms with Crippen LogP contribution in [0.3, 0.4) is 0 Å². The second-order valence-corrected chi connectivity index (χ2v) is 8.78. The molecule has 0 spiro atoms. The maximum Gasteiger partial charge on any atom is 0.137 e. The zero-order valence-electron chi connectivity index (χ0n) is 19.6. The first kappa shape index (κ1) is 22.6. The van der Waals surface area contributed by atoms with Crippen LogP contribution in [0.25, 0.3) is 5.69 Å². The first-order valence-corrected chi connectivity index (χ1v) is 11.5. The first-order chi connectivity index (χ1) is 15.5. The summed E-state index contributed by atoms with van der Waals surface area (Å²) in [5.41, 5.74) is 3.11. The number of nitrogens with zero attached hydrogens (tertiary/aromatic N) is 5. The van der Waals surface area contributed by atoms with Gasteiger partial charge in [-0.2, -0.15) is 5.10 Å². The highest BCUT2D eigenvalue weighted by molar-refractivity contribution is 5.56. The third kappa shape index (κ3) is 4.89. The number of benzene rings is 1. The number of hydrogen-bond acceptors (Lipinski definition) is 5. The van der Waals surface area contributed by atoms with Crippen LogP contribution in [0.2, 0.25) is 0 Å². The Hall–Kier alpha value is -2.64. The first-order valence-electron chi connectivity index (χ1n) is 11.5. The molecule has 1 saturated heterocycles. The lowest BCUT2D eigenvalue weighted by Crippen LogP contribution is -2.47. The fourth-order valence-corrected chi connectivity index (χ4v) is 4.32. The molecule has 1 fully saturated rings. The highest BCUT2D eigenvalue weighted by atomic mass is 19.1. The molecule has 0 amide bonds. The topological polar surface area (TPSA) is 40.7 Å². The van der Waals surface area contributed by atoms with Gasteiger partial charge in [0.15, 0.2) is 0 Å². The maximum atomic E-state index is 13.6. The van der Waals surface area contributed by atoms with E-state index in [4.69, 9.17) is 9.52 Å². The summed E-state index contributed by atoms with van der Waals surface area (Å²) in [6.45, 7) is 15.3. The summed E-state index contributed by atoms with van der Waals surface area (Å²) in [4.78, 5) is 7.32. The second kappa shape index (κ2) is 9.88. The summed E-state index contributed by atoms with van der Waals surface area (Å²) in [6.07, 6.45) is 1.73. The van der Waals surface area contributed by atoms with Crippen LogP contribution in [-0.4, -0.2) is 58.3 Å². The summed E-state index contributed by atoms with van der Waals surface area (Å²) < 4.78 is 21.2. The minimum absolute atomic E-state index is 0.236. The summed E-state index contributed by atoms with van der Waals surface area (Å²) in [6, 6.07) is 10.9. The van der Waals surface area contributed by atoms with Crippen LogP contribution in [0, 0.1) is 12.7 Å². The van der Waals surface area contributed by atoms with E-state index in [1.54, 1.807) is 18.4 Å². The third-order valence-electron chi connectivity index (χ3n) is 6.38. The van der Waals surface area contributed by atoms with Crippen molar-refractivity contribution < 1.29 is 8.81 Å². The molecule has 0 aliphatic carbocycles. The second-order valence-electron chi connectivity index (χ2n) is 8.78. The van der Waals surface area contributed by atoms with Crippen molar-refractivity contribution in [2.75, 3.05) is 37.6 Å². The van der Waals surface area contributed by atoms with Gasteiger partial charge < -0.3 is 14.2 Å². The standard InChI is InChI=1S/C25H34FN5O/c1-5-28-12-14-29(15-13-28)25-24(18-30(19(2)3)17-23-7-6-16-32-23)20(4)27-31(25)22-10-8-21(26)9-11-22/h6-11,16,19H,5,12-15,17-18H2,1-4H3. The van der Waals surface area contributed by atoms with Gasteiger partial charge in [-0.15, -0.1) is 0 Å². The van der Waals surface area contributed by atoms with Gasteiger partial charge in [-0.05, 0) is 63.7 Å². The zero-order valence-corrected chi connectivity index (χ0v) is 19.6. The summed E-state index contributed by atoms with van der Waals surface area (Å²) in [5.74, 6) is 1.84. The average molecular weight is 440 g/mol. The highest BCUT2D eigenvalue weighted by Gasteiger charge is 2.27. The van der Waals surface area contributed by atoms with E-state index in [9.17, 15) is 4.39 Å². The van der Waals surface area contributed by atoms with Crippen LogP contribution in [0.15, 0.2) is 47.1 Å². The van der Waals surface area contributed by atoms with Gasteiger partial charge >= 0.3 is 0 Å². The molecule has 3 aromatic rings. The third-order valence-corrected chi connectivity index (χ3v) is 6.38. The Bertz CT molecular complexity index is 988. The van der Waals surface area contributed by atoms with Gasteiger partial charge in [-0.1, -0.05) is 6.92 Å². The zero-order chi connectivity index (χ0) is 22.7. The largest absolute Gasteiger partial charge is 0.468 e. The number of piperazine rings is 1. The lowest BCUT2D eigenvalue weighted by atomic mass is 10.1. The van der Waals surface area contributed by atoms with E-state index in [1.807, 2.05) is 16.8 Å².